The van der Waals surface area contributed by atoms with Gasteiger partial charge in [0.25, 0.3) is 0 Å². The smallest absolute Gasteiger partial charge is 0.165 e. The fraction of sp³-hybridized carbons (Fsp3) is 0. The molecule has 0 aliphatic carbocycles. The van der Waals surface area contributed by atoms with E-state index in [2.05, 4.69) is 12.1 Å². The van der Waals surface area contributed by atoms with Gasteiger partial charge in [0.05, 0.1) is 0 Å². The summed E-state index contributed by atoms with van der Waals surface area (Å²) in [7, 11) is 31.5. The molecule has 42 heavy (non-hydrogen) atoms. The van der Waals surface area contributed by atoms with E-state index < -0.39 is 0 Å². The third kappa shape index (κ3) is 4.31. The Kier molecular flexibility index (Phi) is 6.63. The van der Waals surface area contributed by atoms with E-state index in [1.165, 1.54) is 0 Å². The normalized spacial score (nSPS) is 11.3. The van der Waals surface area contributed by atoms with E-state index in [1.54, 1.807) is 11.3 Å². The summed E-state index contributed by atoms with van der Waals surface area (Å²) < 4.78 is 2.07. The van der Waals surface area contributed by atoms with Crippen LogP contribution in [0.5, 0.6) is 0 Å². The summed E-state index contributed by atoms with van der Waals surface area (Å²) in [6.07, 6.45) is 0. The highest BCUT2D eigenvalue weighted by molar-refractivity contribution is 7.26. The number of thiophene rings is 1. The van der Waals surface area contributed by atoms with Gasteiger partial charge in [-0.05, 0) is 23.3 Å². The van der Waals surface area contributed by atoms with Crippen LogP contribution in [0.25, 0.3) is 65.5 Å². The summed E-state index contributed by atoms with van der Waals surface area (Å²) in [5.41, 5.74) is 5.37. The second-order valence-electron chi connectivity index (χ2n) is 9.94. The number of hydrogen-bond acceptors (Lipinski definition) is 4. The largest absolute Gasteiger partial charge is 0.208 e. The number of aromatic nitrogens is 3. The molecule has 0 aliphatic heterocycles. The Hall–Kier alpha value is -4.35. The van der Waals surface area contributed by atoms with Gasteiger partial charge in [0.2, 0.25) is 0 Å². The first-order valence-corrected chi connectivity index (χ1v) is 14.1. The van der Waals surface area contributed by atoms with Gasteiger partial charge in [0.1, 0.15) is 39.2 Å². The van der Waals surface area contributed by atoms with Crippen molar-refractivity contribution in [3.05, 3.63) is 97.1 Å². The summed E-state index contributed by atoms with van der Waals surface area (Å²) in [6, 6.07) is 32.0. The Morgan fingerprint density at radius 1 is 0.452 bits per heavy atom. The van der Waals surface area contributed by atoms with Gasteiger partial charge in [-0.3, -0.25) is 0 Å². The van der Waals surface area contributed by atoms with Gasteiger partial charge in [-0.1, -0.05) is 95.9 Å². The molecule has 2 heterocycles. The van der Waals surface area contributed by atoms with E-state index in [0.29, 0.717) is 34.0 Å². The highest BCUT2D eigenvalue weighted by Crippen LogP contribution is 2.43. The molecule has 184 valence electrons. The summed E-state index contributed by atoms with van der Waals surface area (Å²) in [5.74, 6) is 1.79. The van der Waals surface area contributed by atoms with E-state index in [4.69, 9.17) is 54.2 Å². The molecule has 5 aromatic carbocycles. The maximum atomic E-state index is 6.49. The van der Waals surface area contributed by atoms with Gasteiger partial charge in [-0.25, -0.2) is 15.0 Å². The highest BCUT2D eigenvalue weighted by Gasteiger charge is 2.20. The monoisotopic (exact) mass is 541 g/mol. The molecule has 7 aromatic rings. The van der Waals surface area contributed by atoms with E-state index in [1.807, 2.05) is 84.9 Å². The summed E-state index contributed by atoms with van der Waals surface area (Å²) in [5, 5.41) is 2.00. The van der Waals surface area contributed by atoms with Crippen molar-refractivity contribution in [2.24, 2.45) is 0 Å². The lowest BCUT2D eigenvalue weighted by atomic mass is 9.59. The first kappa shape index (κ1) is 26.5. The van der Waals surface area contributed by atoms with Crippen LogP contribution < -0.4 is 27.3 Å². The van der Waals surface area contributed by atoms with Crippen LogP contribution in [-0.2, 0) is 0 Å². The zero-order valence-electron chi connectivity index (χ0n) is 22.4. The zero-order valence-corrected chi connectivity index (χ0v) is 23.2. The fourth-order valence-electron chi connectivity index (χ4n) is 5.30. The molecule has 0 N–H and O–H groups in total. The van der Waals surface area contributed by atoms with Crippen LogP contribution in [0.15, 0.2) is 97.1 Å². The third-order valence-corrected chi connectivity index (χ3v) is 8.64. The van der Waals surface area contributed by atoms with E-state index >= 15 is 0 Å². The third-order valence-electron chi connectivity index (χ3n) is 7.43. The lowest BCUT2D eigenvalue weighted by Gasteiger charge is -2.22. The van der Waals surface area contributed by atoms with Gasteiger partial charge < -0.3 is 0 Å². The second kappa shape index (κ2) is 10.5. The summed E-state index contributed by atoms with van der Waals surface area (Å²) >= 11 is 1.65. The summed E-state index contributed by atoms with van der Waals surface area (Å²) in [6.45, 7) is 0. The average Bonchev–Trinajstić information content (AvgIpc) is 3.43. The molecule has 0 aliphatic rings. The molecule has 9 heteroatoms. The predicted octanol–water partition coefficient (Wildman–Crippen LogP) is 2.88. The van der Waals surface area contributed by atoms with Crippen molar-refractivity contribution in [1.82, 2.24) is 15.0 Å². The minimum absolute atomic E-state index is 0.191. The number of fused-ring (bicyclic) bond motifs is 3. The molecule has 2 aromatic heterocycles. The molecule has 3 nitrogen and oxygen atoms in total. The predicted molar refractivity (Wildman–Crippen MR) is 181 cm³/mol. The van der Waals surface area contributed by atoms with E-state index in [0.717, 1.165) is 42.4 Å². The Bertz CT molecular complexity index is 2060. The quantitative estimate of drug-likeness (QED) is 0.323. The molecule has 0 bridgehead atoms. The fourth-order valence-corrected chi connectivity index (χ4v) is 6.54. The van der Waals surface area contributed by atoms with Crippen molar-refractivity contribution in [1.29, 1.82) is 0 Å². The first-order chi connectivity index (χ1) is 20.4. The Balaban J connectivity index is 1.51. The maximum absolute atomic E-state index is 6.49. The standard InChI is InChI=1S/C33H16B5N3S/c34-25-24(26(35)28(37)29(38)27(25)36)19-13-8-16-22-23(19)20-14-7-15-21(30(20)42-22)33-40-31(17-9-3-1-4-10-17)39-32(41-33)18-11-5-2-6-12-18/h1-16H. The molecule has 0 spiro atoms. The van der Waals surface area contributed by atoms with Gasteiger partial charge >= 0.3 is 0 Å². The minimum atomic E-state index is 0.191. The van der Waals surface area contributed by atoms with Crippen molar-refractivity contribution in [3.63, 3.8) is 0 Å². The van der Waals surface area contributed by atoms with Crippen LogP contribution in [0, 0.1) is 0 Å². The van der Waals surface area contributed by atoms with Crippen LogP contribution in [0.1, 0.15) is 0 Å². The number of nitrogens with zero attached hydrogens (tertiary/aromatic N) is 3. The van der Waals surface area contributed by atoms with Crippen LogP contribution in [0.4, 0.5) is 0 Å². The molecule has 7 rings (SSSR count). The molecule has 0 saturated carbocycles. The maximum Gasteiger partial charge on any atom is 0.165 e. The second-order valence-corrected chi connectivity index (χ2v) is 11.0. The highest BCUT2D eigenvalue weighted by atomic mass is 32.1. The van der Waals surface area contributed by atoms with Crippen molar-refractivity contribution in [2.45, 2.75) is 0 Å². The lowest BCUT2D eigenvalue weighted by Crippen LogP contribution is -2.55. The van der Waals surface area contributed by atoms with E-state index in [-0.39, 0.29) is 16.4 Å². The van der Waals surface area contributed by atoms with E-state index in [9.17, 15) is 0 Å². The van der Waals surface area contributed by atoms with Crippen LogP contribution in [0.2, 0.25) is 0 Å². The Morgan fingerprint density at radius 2 is 0.952 bits per heavy atom. The lowest BCUT2D eigenvalue weighted by molar-refractivity contribution is 1.08. The Morgan fingerprint density at radius 3 is 1.55 bits per heavy atom. The number of benzene rings is 5. The van der Waals surface area contributed by atoms with Crippen LogP contribution in [-0.4, -0.2) is 54.2 Å². The van der Waals surface area contributed by atoms with Crippen molar-refractivity contribution in [2.75, 3.05) is 0 Å². The van der Waals surface area contributed by atoms with Gasteiger partial charge in [-0.15, -0.1) is 27.7 Å². The molecular formula is C33H16B5N3S. The van der Waals surface area contributed by atoms with Gasteiger partial charge in [-0.2, -0.15) is 0 Å². The Labute approximate surface area is 254 Å². The molecule has 10 radical (unpaired) electrons. The topological polar surface area (TPSA) is 38.7 Å². The SMILES string of the molecule is [B]c1c([B])c([B])c(-c2cccc3sc4c(-c5nc(-c6ccccc6)nc(-c6ccccc6)n5)cccc4c23)c([B])c1[B]. The van der Waals surface area contributed by atoms with Gasteiger partial charge in [0, 0.05) is 36.9 Å². The van der Waals surface area contributed by atoms with Crippen LogP contribution >= 0.6 is 11.3 Å². The molecule has 0 amide bonds. The van der Waals surface area contributed by atoms with Crippen molar-refractivity contribution >= 4 is 98.1 Å². The molecule has 0 atom stereocenters. The molecule has 0 fully saturated rings. The first-order valence-electron chi connectivity index (χ1n) is 13.3. The molecule has 0 saturated heterocycles. The van der Waals surface area contributed by atoms with Crippen molar-refractivity contribution < 1.29 is 0 Å². The minimum Gasteiger partial charge on any atom is -0.208 e. The molecular weight excluding hydrogens is 525 g/mol. The zero-order chi connectivity index (χ0) is 29.0. The van der Waals surface area contributed by atoms with Gasteiger partial charge in [0.15, 0.2) is 17.5 Å². The summed E-state index contributed by atoms with van der Waals surface area (Å²) in [4.78, 5) is 14.8. The molecule has 0 unspecified atom stereocenters. The number of hydrogen-bond donors (Lipinski definition) is 0. The van der Waals surface area contributed by atoms with Crippen molar-refractivity contribution in [3.8, 4) is 45.3 Å². The average molecular weight is 541 g/mol. The number of rotatable bonds is 4. The van der Waals surface area contributed by atoms with Crippen LogP contribution in [0.3, 0.4) is 0 Å².